The number of carbonyl (C=O) groups excluding carboxylic acids is 1. The Bertz CT molecular complexity index is 164. The van der Waals surface area contributed by atoms with E-state index in [2.05, 4.69) is 8.69 Å². The van der Waals surface area contributed by atoms with Gasteiger partial charge in [-0.05, 0) is 0 Å². The number of carbonyl (C=O) groups is 1. The van der Waals surface area contributed by atoms with Gasteiger partial charge in [-0.15, -0.1) is 0 Å². The number of nitrogens with zero attached hydrogens (tertiary/aromatic N) is 1. The van der Waals surface area contributed by atoms with E-state index in [0.29, 0.717) is 0 Å². The zero-order chi connectivity index (χ0) is 6.85. The molecule has 0 radical (unpaired) electrons. The second-order valence-corrected chi connectivity index (χ2v) is 6.16. The van der Waals surface area contributed by atoms with Crippen LogP contribution in [0.2, 0.25) is 0 Å². The first-order valence-corrected chi connectivity index (χ1v) is 6.06. The molecule has 1 fully saturated rings. The van der Waals surface area contributed by atoms with Crippen LogP contribution in [0, 0.1) is 0 Å². The molecule has 0 aromatic rings. The van der Waals surface area contributed by atoms with Gasteiger partial charge in [0.2, 0.25) is 0 Å². The molecule has 1 heterocycles. The van der Waals surface area contributed by atoms with Gasteiger partial charge in [-0.3, -0.25) is 0 Å². The molecule has 0 aliphatic carbocycles. The summed E-state index contributed by atoms with van der Waals surface area (Å²) < 4.78 is 3.88. The number of hydrogen-bond acceptors (Lipinski definition) is 4. The average molecular weight is 242 g/mol. The van der Waals surface area contributed by atoms with Crippen LogP contribution in [0.25, 0.3) is 0 Å². The van der Waals surface area contributed by atoms with Crippen LogP contribution >= 0.6 is 20.1 Å². The molecule has 0 aromatic heterocycles. The normalized spacial score (nSPS) is 21.9. The Hall–Kier alpha value is -0.170. The van der Waals surface area contributed by atoms with Crippen molar-refractivity contribution < 1.29 is 10.0 Å². The van der Waals surface area contributed by atoms with Gasteiger partial charge in [-0.1, -0.05) is 0 Å². The summed E-state index contributed by atoms with van der Waals surface area (Å²) in [5, 5.41) is 11.0. The molecule has 4 nitrogen and oxygen atoms in total. The zero-order valence-corrected chi connectivity index (χ0v) is 7.05. The Morgan fingerprint density at radius 1 is 1.89 bits per heavy atom. The van der Waals surface area contributed by atoms with Crippen LogP contribution in [0.3, 0.4) is 0 Å². The van der Waals surface area contributed by atoms with Gasteiger partial charge in [-0.2, -0.15) is 0 Å². The Morgan fingerprint density at radius 3 is 2.78 bits per heavy atom. The molecule has 2 N–H and O–H groups in total. The molecule has 0 bridgehead atoms. The monoisotopic (exact) mass is 242 g/mol. The van der Waals surface area contributed by atoms with E-state index in [4.69, 9.17) is 5.21 Å². The molecule has 0 spiro atoms. The summed E-state index contributed by atoms with van der Waals surface area (Å²) in [6.45, 7) is 1.53. The summed E-state index contributed by atoms with van der Waals surface area (Å²) in [5.74, 6) is 0. The van der Waals surface area contributed by atoms with Crippen LogP contribution in [-0.4, -0.2) is 19.3 Å². The van der Waals surface area contributed by atoms with Gasteiger partial charge in [0.1, 0.15) is 0 Å². The van der Waals surface area contributed by atoms with Crippen LogP contribution in [0.15, 0.2) is 5.16 Å². The van der Waals surface area contributed by atoms with Crippen LogP contribution in [0.1, 0.15) is 6.92 Å². The van der Waals surface area contributed by atoms with Crippen molar-refractivity contribution in [1.29, 1.82) is 0 Å². The predicted molar refractivity (Wildman–Crippen MR) is 41.9 cm³/mol. The Kier molecular flexibility index (Phi) is 2.01. The summed E-state index contributed by atoms with van der Waals surface area (Å²) in [6, 6.07) is 0. The molecular formula is C4H7IN2O2. The molecule has 0 unspecified atom stereocenters. The van der Waals surface area contributed by atoms with E-state index in [-0.39, 0.29) is 9.50 Å². The molecule has 5 heteroatoms. The van der Waals surface area contributed by atoms with Crippen molar-refractivity contribution in [1.82, 2.24) is 3.53 Å². The molecule has 0 saturated carbocycles. The number of halogens is 1. The fourth-order valence-electron chi connectivity index (χ4n) is 0.351. The van der Waals surface area contributed by atoms with Gasteiger partial charge < -0.3 is 0 Å². The molecule has 52 valence electrons. The fourth-order valence-corrected chi connectivity index (χ4v) is 3.21. The van der Waals surface area contributed by atoms with Crippen molar-refractivity contribution in [3.8, 4) is 0 Å². The van der Waals surface area contributed by atoms with Crippen molar-refractivity contribution in [3.63, 3.8) is 0 Å². The number of hydrogen-bond donors (Lipinski definition) is 2. The Balaban J connectivity index is 2.50. The van der Waals surface area contributed by atoms with Crippen LogP contribution in [0.5, 0.6) is 0 Å². The standard InChI is InChI=1S/C4H7IN2O2/c1-3(7-9)4(8)5-2-6-5/h6,9H,2H2,1H3/b7-3-. The topological polar surface area (TPSA) is 71.6 Å². The maximum atomic E-state index is 10.9. The van der Waals surface area contributed by atoms with Crippen molar-refractivity contribution in [2.45, 2.75) is 6.92 Å². The van der Waals surface area contributed by atoms with Crippen LogP contribution in [0.4, 0.5) is 0 Å². The molecule has 9 heavy (non-hydrogen) atoms. The summed E-state index contributed by atoms with van der Waals surface area (Å²) in [5.41, 5.74) is 0.241. The maximum absolute atomic E-state index is 10.9. The fraction of sp³-hybridized carbons (Fsp3) is 0.500. The first-order valence-electron chi connectivity index (χ1n) is 2.38. The second-order valence-electron chi connectivity index (χ2n) is 1.59. The van der Waals surface area contributed by atoms with E-state index in [9.17, 15) is 4.79 Å². The van der Waals surface area contributed by atoms with E-state index >= 15 is 0 Å². The minimum absolute atomic E-state index is 0.0432. The zero-order valence-electron chi connectivity index (χ0n) is 4.89. The molecule has 0 amide bonds. The van der Waals surface area contributed by atoms with Crippen LogP contribution < -0.4 is 3.53 Å². The quantitative estimate of drug-likeness (QED) is 0.0844. The third-order valence-corrected chi connectivity index (χ3v) is 4.40. The molecule has 1 aliphatic rings. The van der Waals surface area contributed by atoms with E-state index in [1.807, 2.05) is 0 Å². The van der Waals surface area contributed by atoms with Gasteiger partial charge in [0.15, 0.2) is 0 Å². The van der Waals surface area contributed by atoms with E-state index in [0.717, 1.165) is 4.55 Å². The van der Waals surface area contributed by atoms with E-state index < -0.39 is 20.1 Å². The number of rotatable bonds is 2. The van der Waals surface area contributed by atoms with Crippen molar-refractivity contribution in [2.75, 3.05) is 4.55 Å². The first-order chi connectivity index (χ1) is 4.25. The van der Waals surface area contributed by atoms with Gasteiger partial charge in [-0.25, -0.2) is 0 Å². The SMILES string of the molecule is C/C(=N/O)C(=O)I1CN1. The minimum atomic E-state index is -1.42. The summed E-state index contributed by atoms with van der Waals surface area (Å²) >= 11 is -1.42. The third-order valence-electron chi connectivity index (χ3n) is 0.909. The predicted octanol–water partition coefficient (Wildman–Crippen LogP) is 0.345. The van der Waals surface area contributed by atoms with Crippen LogP contribution in [-0.2, 0) is 4.79 Å². The molecule has 1 rings (SSSR count). The summed E-state index contributed by atoms with van der Waals surface area (Å²) in [7, 11) is 0. The number of oxime groups is 1. The van der Waals surface area contributed by atoms with Crippen molar-refractivity contribution >= 4 is 29.6 Å². The van der Waals surface area contributed by atoms with E-state index in [1.165, 1.54) is 6.92 Å². The number of nitrogens with one attached hydrogen (secondary N) is 1. The molecular weight excluding hydrogens is 235 g/mol. The Morgan fingerprint density at radius 2 is 2.44 bits per heavy atom. The number of alkyl halides is 1. The molecule has 1 aliphatic heterocycles. The van der Waals surface area contributed by atoms with Gasteiger partial charge >= 0.3 is 59.8 Å². The summed E-state index contributed by atoms with van der Waals surface area (Å²) in [4.78, 5) is 10.9. The van der Waals surface area contributed by atoms with Gasteiger partial charge in [0.25, 0.3) is 0 Å². The first kappa shape index (κ1) is 6.94. The van der Waals surface area contributed by atoms with Crippen molar-refractivity contribution in [2.24, 2.45) is 5.16 Å². The van der Waals surface area contributed by atoms with Gasteiger partial charge in [0.05, 0.1) is 0 Å². The summed E-state index contributed by atoms with van der Waals surface area (Å²) in [6.07, 6.45) is 0. The van der Waals surface area contributed by atoms with E-state index in [1.54, 1.807) is 0 Å². The second kappa shape index (κ2) is 2.61. The molecule has 0 atom stereocenters. The Labute approximate surface area is 60.0 Å². The average Bonchev–Trinajstić information content (AvgIpc) is 2.66. The van der Waals surface area contributed by atoms with Crippen molar-refractivity contribution in [3.05, 3.63) is 0 Å². The molecule has 1 saturated heterocycles. The van der Waals surface area contributed by atoms with Gasteiger partial charge in [0, 0.05) is 0 Å². The molecule has 0 aromatic carbocycles. The third kappa shape index (κ3) is 1.62.